The lowest BCUT2D eigenvalue weighted by atomic mass is 10.2. The number of hydrogen-bond donors (Lipinski definition) is 2. The van der Waals surface area contributed by atoms with Gasteiger partial charge in [0.1, 0.15) is 5.60 Å². The van der Waals surface area contributed by atoms with Crippen LogP contribution in [0.2, 0.25) is 0 Å². The number of rotatable bonds is 7. The lowest BCUT2D eigenvalue weighted by molar-refractivity contribution is -0.156. The highest BCUT2D eigenvalue weighted by atomic mass is 16.6. The van der Waals surface area contributed by atoms with Crippen molar-refractivity contribution in [1.29, 1.82) is 0 Å². The van der Waals surface area contributed by atoms with Gasteiger partial charge in [-0.05, 0) is 27.2 Å². The minimum absolute atomic E-state index is 0.0728. The molecule has 0 aliphatic rings. The molecule has 0 rings (SSSR count). The van der Waals surface area contributed by atoms with Crippen LogP contribution in [-0.2, 0) is 14.3 Å². The molecular formula is C11H22O5. The predicted molar refractivity (Wildman–Crippen MR) is 59.0 cm³/mol. The Kier molecular flexibility index (Phi) is 7.29. The van der Waals surface area contributed by atoms with Crippen LogP contribution >= 0.6 is 0 Å². The van der Waals surface area contributed by atoms with Gasteiger partial charge in [0.05, 0.1) is 25.7 Å². The van der Waals surface area contributed by atoms with E-state index in [1.165, 1.54) is 0 Å². The van der Waals surface area contributed by atoms with Gasteiger partial charge < -0.3 is 19.7 Å². The smallest absolute Gasteiger partial charge is 0.308 e. The van der Waals surface area contributed by atoms with Crippen LogP contribution in [0.1, 0.15) is 33.6 Å². The second-order valence-electron chi connectivity index (χ2n) is 4.58. The maximum absolute atomic E-state index is 11.2. The molecule has 0 aromatic heterocycles. The number of carbonyl (C=O) groups excluding carboxylic acids is 1. The topological polar surface area (TPSA) is 76.0 Å². The Labute approximate surface area is 96.4 Å². The van der Waals surface area contributed by atoms with Crippen molar-refractivity contribution in [2.24, 2.45) is 0 Å². The molecule has 0 aliphatic heterocycles. The van der Waals surface area contributed by atoms with Crippen molar-refractivity contribution < 1.29 is 24.5 Å². The van der Waals surface area contributed by atoms with Gasteiger partial charge in [-0.3, -0.25) is 4.79 Å². The van der Waals surface area contributed by atoms with E-state index in [4.69, 9.17) is 14.6 Å². The number of aliphatic hydroxyl groups excluding tert-OH is 2. The summed E-state index contributed by atoms with van der Waals surface area (Å²) in [5.41, 5.74) is -0.479. The fourth-order valence-electron chi connectivity index (χ4n) is 1.000. The third-order valence-electron chi connectivity index (χ3n) is 1.64. The Hall–Kier alpha value is -0.650. The molecule has 0 bridgehead atoms. The van der Waals surface area contributed by atoms with Gasteiger partial charge >= 0.3 is 5.97 Å². The van der Waals surface area contributed by atoms with Crippen LogP contribution in [-0.4, -0.2) is 47.7 Å². The van der Waals surface area contributed by atoms with Crippen LogP contribution in [0, 0.1) is 0 Å². The van der Waals surface area contributed by atoms with Gasteiger partial charge in [0, 0.05) is 6.61 Å². The number of esters is 1. The first-order chi connectivity index (χ1) is 7.35. The Morgan fingerprint density at radius 1 is 1.38 bits per heavy atom. The molecule has 0 aromatic rings. The molecule has 0 saturated heterocycles. The number of aliphatic hydroxyl groups is 2. The molecule has 5 heteroatoms. The zero-order chi connectivity index (χ0) is 12.6. The lowest BCUT2D eigenvalue weighted by Gasteiger charge is -2.19. The van der Waals surface area contributed by atoms with E-state index in [-0.39, 0.29) is 38.6 Å². The first kappa shape index (κ1) is 15.3. The molecule has 2 N–H and O–H groups in total. The van der Waals surface area contributed by atoms with E-state index in [1.54, 1.807) is 20.8 Å². The van der Waals surface area contributed by atoms with Crippen molar-refractivity contribution in [2.75, 3.05) is 19.8 Å². The summed E-state index contributed by atoms with van der Waals surface area (Å²) in [7, 11) is 0. The monoisotopic (exact) mass is 234 g/mol. The Morgan fingerprint density at radius 3 is 2.50 bits per heavy atom. The number of hydrogen-bond acceptors (Lipinski definition) is 5. The Morgan fingerprint density at radius 2 is 2.00 bits per heavy atom. The van der Waals surface area contributed by atoms with Gasteiger partial charge in [-0.2, -0.15) is 0 Å². The highest BCUT2D eigenvalue weighted by Crippen LogP contribution is 2.08. The summed E-state index contributed by atoms with van der Waals surface area (Å²) in [6.07, 6.45) is -0.223. The average molecular weight is 234 g/mol. The quantitative estimate of drug-likeness (QED) is 0.495. The summed E-state index contributed by atoms with van der Waals surface area (Å²) in [6.45, 7) is 5.68. The molecule has 0 radical (unpaired) electrons. The summed E-state index contributed by atoms with van der Waals surface area (Å²) >= 11 is 0. The van der Waals surface area contributed by atoms with Gasteiger partial charge in [-0.15, -0.1) is 0 Å². The highest BCUT2D eigenvalue weighted by Gasteiger charge is 2.15. The minimum atomic E-state index is -0.677. The lowest BCUT2D eigenvalue weighted by Crippen LogP contribution is -2.25. The van der Waals surface area contributed by atoms with Gasteiger partial charge in [-0.1, -0.05) is 0 Å². The van der Waals surface area contributed by atoms with Crippen molar-refractivity contribution in [1.82, 2.24) is 0 Å². The molecular weight excluding hydrogens is 212 g/mol. The number of carbonyl (C=O) groups is 1. The molecule has 0 spiro atoms. The van der Waals surface area contributed by atoms with Crippen molar-refractivity contribution in [3.63, 3.8) is 0 Å². The largest absolute Gasteiger partial charge is 0.460 e. The van der Waals surface area contributed by atoms with E-state index < -0.39 is 11.7 Å². The van der Waals surface area contributed by atoms with Crippen LogP contribution in [0.4, 0.5) is 0 Å². The summed E-state index contributed by atoms with van der Waals surface area (Å²) in [5.74, 6) is -0.316. The molecule has 0 aliphatic carbocycles. The Bertz CT molecular complexity index is 197. The fourth-order valence-corrected chi connectivity index (χ4v) is 1.000. The third kappa shape index (κ3) is 9.89. The molecule has 0 saturated carbocycles. The van der Waals surface area contributed by atoms with Gasteiger partial charge in [0.25, 0.3) is 0 Å². The summed E-state index contributed by atoms with van der Waals surface area (Å²) in [4.78, 5) is 11.2. The molecule has 16 heavy (non-hydrogen) atoms. The first-order valence-corrected chi connectivity index (χ1v) is 5.43. The molecule has 1 unspecified atom stereocenters. The Balaban J connectivity index is 3.48. The van der Waals surface area contributed by atoms with E-state index in [1.807, 2.05) is 0 Å². The fraction of sp³-hybridized carbons (Fsp3) is 0.909. The van der Waals surface area contributed by atoms with Crippen LogP contribution < -0.4 is 0 Å². The van der Waals surface area contributed by atoms with E-state index in [2.05, 4.69) is 0 Å². The molecule has 0 amide bonds. The maximum atomic E-state index is 11.2. The summed E-state index contributed by atoms with van der Waals surface area (Å²) in [6, 6.07) is 0. The van der Waals surface area contributed by atoms with Gasteiger partial charge in [0.2, 0.25) is 0 Å². The first-order valence-electron chi connectivity index (χ1n) is 5.43. The zero-order valence-electron chi connectivity index (χ0n) is 10.2. The maximum Gasteiger partial charge on any atom is 0.308 e. The molecule has 0 heterocycles. The van der Waals surface area contributed by atoms with Gasteiger partial charge in [-0.25, -0.2) is 0 Å². The van der Waals surface area contributed by atoms with E-state index in [0.29, 0.717) is 0 Å². The second-order valence-corrected chi connectivity index (χ2v) is 4.58. The normalized spacial score (nSPS) is 13.6. The minimum Gasteiger partial charge on any atom is -0.460 e. The zero-order valence-corrected chi connectivity index (χ0v) is 10.2. The van der Waals surface area contributed by atoms with E-state index in [0.717, 1.165) is 0 Å². The van der Waals surface area contributed by atoms with Gasteiger partial charge in [0.15, 0.2) is 0 Å². The van der Waals surface area contributed by atoms with Crippen LogP contribution in [0.3, 0.4) is 0 Å². The van der Waals surface area contributed by atoms with Crippen molar-refractivity contribution in [2.45, 2.75) is 45.3 Å². The van der Waals surface area contributed by atoms with Crippen LogP contribution in [0.25, 0.3) is 0 Å². The second kappa shape index (κ2) is 7.60. The predicted octanol–water partition coefficient (Wildman–Crippen LogP) is 0.478. The molecule has 0 aromatic carbocycles. The molecule has 5 nitrogen and oxygen atoms in total. The van der Waals surface area contributed by atoms with Crippen LogP contribution in [0.15, 0.2) is 0 Å². The summed E-state index contributed by atoms with van der Waals surface area (Å²) < 4.78 is 10.1. The van der Waals surface area contributed by atoms with Crippen LogP contribution in [0.5, 0.6) is 0 Å². The average Bonchev–Trinajstić information content (AvgIpc) is 2.10. The third-order valence-corrected chi connectivity index (χ3v) is 1.64. The SMILES string of the molecule is CC(C)(C)OC(=O)CCOCC(O)CCO. The van der Waals surface area contributed by atoms with Crippen molar-refractivity contribution in [3.05, 3.63) is 0 Å². The standard InChI is InChI=1S/C11H22O5/c1-11(2,3)16-10(14)5-7-15-8-9(13)4-6-12/h9,12-13H,4-8H2,1-3H3. The summed E-state index contributed by atoms with van der Waals surface area (Å²) in [5, 5.41) is 17.7. The van der Waals surface area contributed by atoms with E-state index >= 15 is 0 Å². The molecule has 0 fully saturated rings. The molecule has 96 valence electrons. The van der Waals surface area contributed by atoms with Crippen molar-refractivity contribution >= 4 is 5.97 Å². The highest BCUT2D eigenvalue weighted by molar-refractivity contribution is 5.69. The number of ether oxygens (including phenoxy) is 2. The molecule has 1 atom stereocenters. The van der Waals surface area contributed by atoms with Crippen molar-refractivity contribution in [3.8, 4) is 0 Å². The van der Waals surface area contributed by atoms with E-state index in [9.17, 15) is 9.90 Å².